The Morgan fingerprint density at radius 1 is 1.35 bits per heavy atom. The highest BCUT2D eigenvalue weighted by Gasteiger charge is 2.10. The van der Waals surface area contributed by atoms with Gasteiger partial charge in [-0.05, 0) is 43.3 Å². The molecular formula is C16H11ClN2O3S. The summed E-state index contributed by atoms with van der Waals surface area (Å²) in [5, 5.41) is 9.64. The van der Waals surface area contributed by atoms with E-state index in [1.54, 1.807) is 17.4 Å². The first-order valence-electron chi connectivity index (χ1n) is 6.65. The van der Waals surface area contributed by atoms with Gasteiger partial charge in [0.05, 0.1) is 21.5 Å². The van der Waals surface area contributed by atoms with Crippen LogP contribution in [0.5, 0.6) is 0 Å². The zero-order valence-electron chi connectivity index (χ0n) is 12.0. The summed E-state index contributed by atoms with van der Waals surface area (Å²) in [5.74, 6) is -0.871. The molecule has 2 heterocycles. The number of aromatic carboxylic acids is 1. The van der Waals surface area contributed by atoms with E-state index < -0.39 is 5.97 Å². The van der Waals surface area contributed by atoms with E-state index in [0.717, 1.165) is 9.75 Å². The first-order chi connectivity index (χ1) is 10.9. The van der Waals surface area contributed by atoms with E-state index >= 15 is 0 Å². The largest absolute Gasteiger partial charge is 0.478 e. The van der Waals surface area contributed by atoms with Crippen molar-refractivity contribution in [1.29, 1.82) is 0 Å². The summed E-state index contributed by atoms with van der Waals surface area (Å²) < 4.78 is 0. The molecule has 0 aliphatic rings. The van der Waals surface area contributed by atoms with Gasteiger partial charge in [0.15, 0.2) is 5.82 Å². The summed E-state index contributed by atoms with van der Waals surface area (Å²) in [4.78, 5) is 32.1. The van der Waals surface area contributed by atoms with Crippen molar-refractivity contribution >= 4 is 50.9 Å². The lowest BCUT2D eigenvalue weighted by atomic mass is 10.1. The molecule has 7 heteroatoms. The van der Waals surface area contributed by atoms with E-state index in [-0.39, 0.29) is 27.5 Å². The van der Waals surface area contributed by atoms with Gasteiger partial charge >= 0.3 is 5.97 Å². The predicted octanol–water partition coefficient (Wildman–Crippen LogP) is 3.73. The Labute approximate surface area is 139 Å². The maximum Gasteiger partial charge on any atom is 0.335 e. The number of aromatic nitrogens is 2. The lowest BCUT2D eigenvalue weighted by Gasteiger charge is -2.03. The van der Waals surface area contributed by atoms with Crippen LogP contribution in [0.1, 0.15) is 25.9 Å². The molecule has 0 amide bonds. The van der Waals surface area contributed by atoms with Crippen LogP contribution in [0.4, 0.5) is 0 Å². The average Bonchev–Trinajstić information content (AvgIpc) is 2.91. The van der Waals surface area contributed by atoms with Crippen molar-refractivity contribution in [3.63, 3.8) is 0 Å². The van der Waals surface area contributed by atoms with E-state index in [4.69, 9.17) is 16.7 Å². The Kier molecular flexibility index (Phi) is 4.02. The molecule has 0 fully saturated rings. The summed E-state index contributed by atoms with van der Waals surface area (Å²) in [7, 11) is 0. The highest BCUT2D eigenvalue weighted by Crippen LogP contribution is 2.24. The SMILES string of the molecule is Cc1ccc(C=C(Cl)c2nc3cc(C(=O)O)ccc3c(=O)[nH]2)s1. The highest BCUT2D eigenvalue weighted by molar-refractivity contribution is 7.12. The maximum absolute atomic E-state index is 12.1. The van der Waals surface area contributed by atoms with E-state index in [0.29, 0.717) is 5.39 Å². The number of carbonyl (C=O) groups is 1. The molecule has 0 bridgehead atoms. The molecule has 0 saturated carbocycles. The van der Waals surface area contributed by atoms with Gasteiger partial charge in [-0.3, -0.25) is 4.79 Å². The summed E-state index contributed by atoms with van der Waals surface area (Å²) in [6.45, 7) is 1.99. The second-order valence-electron chi connectivity index (χ2n) is 4.89. The summed E-state index contributed by atoms with van der Waals surface area (Å²) in [6.07, 6.45) is 1.71. The lowest BCUT2D eigenvalue weighted by molar-refractivity contribution is 0.0697. The number of carboxylic acid groups (broad SMARTS) is 1. The molecule has 3 rings (SSSR count). The maximum atomic E-state index is 12.1. The fourth-order valence-electron chi connectivity index (χ4n) is 2.11. The number of hydrogen-bond donors (Lipinski definition) is 2. The second-order valence-corrected chi connectivity index (χ2v) is 6.62. The number of aromatic amines is 1. The summed E-state index contributed by atoms with van der Waals surface area (Å²) in [6, 6.07) is 8.05. The molecule has 1 aromatic carbocycles. The van der Waals surface area contributed by atoms with Crippen LogP contribution in [0.3, 0.4) is 0 Å². The Bertz CT molecular complexity index is 1000. The number of aryl methyl sites for hydroxylation is 1. The smallest absolute Gasteiger partial charge is 0.335 e. The monoisotopic (exact) mass is 346 g/mol. The standard InChI is InChI=1S/C16H11ClN2O3S/c1-8-2-4-10(23-8)7-12(17)14-18-13-6-9(16(21)22)3-5-11(13)15(20)19-14/h2-7H,1H3,(H,21,22)(H,18,19,20). The molecule has 0 aliphatic heterocycles. The molecule has 3 aromatic rings. The van der Waals surface area contributed by atoms with E-state index in [1.165, 1.54) is 18.2 Å². The number of halogens is 1. The van der Waals surface area contributed by atoms with Crippen molar-refractivity contribution in [3.05, 3.63) is 61.8 Å². The minimum Gasteiger partial charge on any atom is -0.478 e. The van der Waals surface area contributed by atoms with Crippen molar-refractivity contribution < 1.29 is 9.90 Å². The van der Waals surface area contributed by atoms with E-state index in [9.17, 15) is 9.59 Å². The Hall–Kier alpha value is -2.44. The third-order valence-corrected chi connectivity index (χ3v) is 4.45. The number of hydrogen-bond acceptors (Lipinski definition) is 4. The van der Waals surface area contributed by atoms with Crippen LogP contribution in [0.2, 0.25) is 0 Å². The fourth-order valence-corrected chi connectivity index (χ4v) is 3.20. The van der Waals surface area contributed by atoms with Gasteiger partial charge in [0.2, 0.25) is 0 Å². The van der Waals surface area contributed by atoms with Crippen molar-refractivity contribution in [2.45, 2.75) is 6.92 Å². The first-order valence-corrected chi connectivity index (χ1v) is 7.85. The first kappa shape index (κ1) is 15.5. The van der Waals surface area contributed by atoms with Crippen LogP contribution < -0.4 is 5.56 Å². The van der Waals surface area contributed by atoms with E-state index in [2.05, 4.69) is 9.97 Å². The van der Waals surface area contributed by atoms with Crippen LogP contribution >= 0.6 is 22.9 Å². The number of nitrogens with one attached hydrogen (secondary N) is 1. The number of H-pyrrole nitrogens is 1. The Morgan fingerprint density at radius 2 is 2.13 bits per heavy atom. The average molecular weight is 347 g/mol. The molecule has 0 radical (unpaired) electrons. The summed E-state index contributed by atoms with van der Waals surface area (Å²) >= 11 is 7.81. The molecule has 23 heavy (non-hydrogen) atoms. The molecule has 0 aliphatic carbocycles. The van der Waals surface area contributed by atoms with Gasteiger partial charge in [-0.25, -0.2) is 9.78 Å². The zero-order chi connectivity index (χ0) is 16.6. The second kappa shape index (κ2) is 5.98. The number of fused-ring (bicyclic) bond motifs is 1. The highest BCUT2D eigenvalue weighted by atomic mass is 35.5. The van der Waals surface area contributed by atoms with Crippen molar-refractivity contribution in [3.8, 4) is 0 Å². The van der Waals surface area contributed by atoms with Crippen LogP contribution in [0, 0.1) is 6.92 Å². The minimum absolute atomic E-state index is 0.0653. The van der Waals surface area contributed by atoms with Gasteiger partial charge in [-0.2, -0.15) is 0 Å². The van der Waals surface area contributed by atoms with Gasteiger partial charge in [0, 0.05) is 9.75 Å². The quantitative estimate of drug-likeness (QED) is 0.757. The Morgan fingerprint density at radius 3 is 2.78 bits per heavy atom. The third kappa shape index (κ3) is 3.18. The van der Waals surface area contributed by atoms with Gasteiger partial charge in [-0.15, -0.1) is 11.3 Å². The van der Waals surface area contributed by atoms with Crippen LogP contribution in [-0.2, 0) is 0 Å². The van der Waals surface area contributed by atoms with Crippen molar-refractivity contribution in [2.24, 2.45) is 0 Å². The molecule has 0 atom stereocenters. The van der Waals surface area contributed by atoms with Gasteiger partial charge in [-0.1, -0.05) is 11.6 Å². The van der Waals surface area contributed by atoms with Gasteiger partial charge in [0.25, 0.3) is 5.56 Å². The van der Waals surface area contributed by atoms with Crippen LogP contribution in [0.25, 0.3) is 22.0 Å². The molecule has 2 aromatic heterocycles. The number of rotatable bonds is 3. The summed E-state index contributed by atoms with van der Waals surface area (Å²) in [5.41, 5.74) is -0.0102. The molecule has 2 N–H and O–H groups in total. The Balaban J connectivity index is 2.12. The van der Waals surface area contributed by atoms with Crippen LogP contribution in [-0.4, -0.2) is 21.0 Å². The normalized spacial score (nSPS) is 11.8. The lowest BCUT2D eigenvalue weighted by Crippen LogP contribution is -2.11. The number of benzene rings is 1. The molecule has 0 unspecified atom stereocenters. The predicted molar refractivity (Wildman–Crippen MR) is 92.1 cm³/mol. The molecule has 5 nitrogen and oxygen atoms in total. The van der Waals surface area contributed by atoms with Crippen LogP contribution in [0.15, 0.2) is 35.1 Å². The molecular weight excluding hydrogens is 336 g/mol. The van der Waals surface area contributed by atoms with E-state index in [1.807, 2.05) is 19.1 Å². The van der Waals surface area contributed by atoms with Gasteiger partial charge in [0.1, 0.15) is 0 Å². The number of thiophene rings is 1. The number of carboxylic acids is 1. The topological polar surface area (TPSA) is 83.0 Å². The third-order valence-electron chi connectivity index (χ3n) is 3.21. The molecule has 0 saturated heterocycles. The van der Waals surface area contributed by atoms with Gasteiger partial charge < -0.3 is 10.1 Å². The molecule has 0 spiro atoms. The van der Waals surface area contributed by atoms with Crippen molar-refractivity contribution in [2.75, 3.05) is 0 Å². The molecule has 116 valence electrons. The fraction of sp³-hybridized carbons (Fsp3) is 0.0625. The minimum atomic E-state index is -1.08. The number of nitrogens with zero attached hydrogens (tertiary/aromatic N) is 1. The van der Waals surface area contributed by atoms with Crippen molar-refractivity contribution in [1.82, 2.24) is 9.97 Å². The zero-order valence-corrected chi connectivity index (χ0v) is 13.5.